The van der Waals surface area contributed by atoms with Crippen molar-refractivity contribution in [2.24, 2.45) is 0 Å². The van der Waals surface area contributed by atoms with Crippen LogP contribution in [0.25, 0.3) is 94.3 Å². The number of hydrogen-bond acceptors (Lipinski definition) is 1. The maximum atomic E-state index is 2.52. The van der Waals surface area contributed by atoms with E-state index in [1.54, 1.807) is 0 Å². The van der Waals surface area contributed by atoms with Crippen molar-refractivity contribution in [2.45, 2.75) is 19.3 Å². The van der Waals surface area contributed by atoms with Crippen LogP contribution in [0.1, 0.15) is 25.0 Å². The van der Waals surface area contributed by atoms with Gasteiger partial charge in [0, 0.05) is 33.1 Å². The van der Waals surface area contributed by atoms with Crippen LogP contribution in [0.5, 0.6) is 0 Å². The summed E-state index contributed by atoms with van der Waals surface area (Å²) in [6.07, 6.45) is 0. The van der Waals surface area contributed by atoms with E-state index in [1.165, 1.54) is 94.3 Å². The SMILES string of the molecule is CC1(C)c2ccccc2-c2cccc(-n3c4ccccc4c4c(-c5cccc(-c6ccccc6N(c6ccc(-c7ccccc7)cc6)c6ccc(-c7ccc(-c8ccccc8)cc7)cc6)c5)cccc43)c21. The van der Waals surface area contributed by atoms with Gasteiger partial charge in [-0.2, -0.15) is 0 Å². The van der Waals surface area contributed by atoms with Gasteiger partial charge in [0.15, 0.2) is 0 Å². The molecule has 1 aliphatic carbocycles. The molecule has 336 valence electrons. The quantitative estimate of drug-likeness (QED) is 0.140. The number of nitrogens with zero attached hydrogens (tertiary/aromatic N) is 2. The van der Waals surface area contributed by atoms with Crippen LogP contribution in [0, 0.1) is 0 Å². The molecule has 0 saturated carbocycles. The highest BCUT2D eigenvalue weighted by Gasteiger charge is 2.38. The van der Waals surface area contributed by atoms with Crippen molar-refractivity contribution in [3.63, 3.8) is 0 Å². The number of fused-ring (bicyclic) bond motifs is 6. The lowest BCUT2D eigenvalue weighted by Gasteiger charge is -2.28. The number of benzene rings is 11. The van der Waals surface area contributed by atoms with Crippen LogP contribution in [0.2, 0.25) is 0 Å². The fourth-order valence-corrected chi connectivity index (χ4v) is 11.4. The lowest BCUT2D eigenvalue weighted by Crippen LogP contribution is -2.17. The molecule has 12 aromatic rings. The molecule has 0 saturated heterocycles. The van der Waals surface area contributed by atoms with Gasteiger partial charge in [0.1, 0.15) is 0 Å². The van der Waals surface area contributed by atoms with Crippen LogP contribution in [0.3, 0.4) is 0 Å². The van der Waals surface area contributed by atoms with Crippen LogP contribution in [0.4, 0.5) is 17.1 Å². The van der Waals surface area contributed by atoms with Gasteiger partial charge in [-0.1, -0.05) is 226 Å². The zero-order valence-corrected chi connectivity index (χ0v) is 39.8. The molecular formula is C69H50N2. The molecule has 1 aliphatic rings. The van der Waals surface area contributed by atoms with Gasteiger partial charge in [-0.05, 0) is 127 Å². The van der Waals surface area contributed by atoms with Gasteiger partial charge in [0.25, 0.3) is 0 Å². The van der Waals surface area contributed by atoms with E-state index < -0.39 is 0 Å². The monoisotopic (exact) mass is 906 g/mol. The van der Waals surface area contributed by atoms with Gasteiger partial charge in [-0.3, -0.25) is 0 Å². The number of para-hydroxylation sites is 2. The van der Waals surface area contributed by atoms with Gasteiger partial charge in [-0.25, -0.2) is 0 Å². The molecule has 0 radical (unpaired) electrons. The molecule has 2 heteroatoms. The van der Waals surface area contributed by atoms with Crippen molar-refractivity contribution in [1.82, 2.24) is 4.57 Å². The molecule has 2 nitrogen and oxygen atoms in total. The average molecular weight is 907 g/mol. The van der Waals surface area contributed by atoms with Crippen molar-refractivity contribution in [3.05, 3.63) is 278 Å². The Morgan fingerprint density at radius 1 is 0.324 bits per heavy atom. The lowest BCUT2D eigenvalue weighted by molar-refractivity contribution is 0.656. The molecule has 1 aromatic heterocycles. The van der Waals surface area contributed by atoms with E-state index >= 15 is 0 Å². The number of aromatic nitrogens is 1. The summed E-state index contributed by atoms with van der Waals surface area (Å²) in [4.78, 5) is 2.41. The summed E-state index contributed by atoms with van der Waals surface area (Å²) in [5.74, 6) is 0. The van der Waals surface area contributed by atoms with E-state index in [0.29, 0.717) is 0 Å². The van der Waals surface area contributed by atoms with E-state index in [4.69, 9.17) is 0 Å². The minimum atomic E-state index is -0.158. The summed E-state index contributed by atoms with van der Waals surface area (Å²) in [5.41, 5.74) is 24.1. The smallest absolute Gasteiger partial charge is 0.0547 e. The van der Waals surface area contributed by atoms with E-state index in [1.807, 2.05) is 0 Å². The highest BCUT2D eigenvalue weighted by molar-refractivity contribution is 6.16. The third-order valence-corrected chi connectivity index (χ3v) is 14.8. The molecule has 71 heavy (non-hydrogen) atoms. The Hall–Kier alpha value is -8.98. The van der Waals surface area contributed by atoms with Crippen molar-refractivity contribution in [1.29, 1.82) is 0 Å². The molecule has 0 unspecified atom stereocenters. The number of hydrogen-bond donors (Lipinski definition) is 0. The second-order valence-electron chi connectivity index (χ2n) is 19.3. The van der Waals surface area contributed by atoms with Crippen LogP contribution in [0.15, 0.2) is 267 Å². The third-order valence-electron chi connectivity index (χ3n) is 14.8. The zero-order valence-electron chi connectivity index (χ0n) is 39.8. The highest BCUT2D eigenvalue weighted by Crippen LogP contribution is 2.52. The molecule has 0 atom stereocenters. The van der Waals surface area contributed by atoms with Crippen LogP contribution in [-0.4, -0.2) is 4.57 Å². The first-order valence-corrected chi connectivity index (χ1v) is 24.7. The Kier molecular flexibility index (Phi) is 10.2. The molecule has 0 bridgehead atoms. The molecule has 0 fully saturated rings. The second kappa shape index (κ2) is 17.2. The normalized spacial score (nSPS) is 12.5. The maximum absolute atomic E-state index is 2.52. The topological polar surface area (TPSA) is 8.17 Å². The fraction of sp³-hybridized carbons (Fsp3) is 0.0435. The summed E-state index contributed by atoms with van der Waals surface area (Å²) in [6.45, 7) is 4.76. The zero-order chi connectivity index (χ0) is 47.5. The van der Waals surface area contributed by atoms with Crippen LogP contribution >= 0.6 is 0 Å². The van der Waals surface area contributed by atoms with Gasteiger partial charge in [0.2, 0.25) is 0 Å². The second-order valence-corrected chi connectivity index (χ2v) is 19.3. The predicted molar refractivity (Wildman–Crippen MR) is 300 cm³/mol. The first-order valence-electron chi connectivity index (χ1n) is 24.7. The Morgan fingerprint density at radius 3 is 1.41 bits per heavy atom. The Morgan fingerprint density at radius 2 is 0.761 bits per heavy atom. The number of anilines is 3. The van der Waals surface area contributed by atoms with E-state index in [2.05, 4.69) is 290 Å². The largest absolute Gasteiger partial charge is 0.310 e. The molecular weight excluding hydrogens is 857 g/mol. The Balaban J connectivity index is 0.923. The maximum Gasteiger partial charge on any atom is 0.0547 e. The lowest BCUT2D eigenvalue weighted by atomic mass is 9.81. The van der Waals surface area contributed by atoms with Crippen molar-refractivity contribution < 1.29 is 0 Å². The Labute approximate surface area is 416 Å². The van der Waals surface area contributed by atoms with Crippen molar-refractivity contribution in [2.75, 3.05) is 4.90 Å². The molecule has 0 spiro atoms. The average Bonchev–Trinajstić information content (AvgIpc) is 3.90. The summed E-state index contributed by atoms with van der Waals surface area (Å²) in [6, 6.07) is 97.7. The third kappa shape index (κ3) is 7.18. The summed E-state index contributed by atoms with van der Waals surface area (Å²) < 4.78 is 2.52. The molecule has 0 N–H and O–H groups in total. The van der Waals surface area contributed by atoms with Crippen LogP contribution in [-0.2, 0) is 5.41 Å². The molecule has 0 amide bonds. The van der Waals surface area contributed by atoms with Gasteiger partial charge in [-0.15, -0.1) is 0 Å². The van der Waals surface area contributed by atoms with Gasteiger partial charge >= 0.3 is 0 Å². The minimum Gasteiger partial charge on any atom is -0.310 e. The van der Waals surface area contributed by atoms with Crippen molar-refractivity contribution in [3.8, 4) is 72.4 Å². The molecule has 11 aromatic carbocycles. The van der Waals surface area contributed by atoms with Crippen LogP contribution < -0.4 is 4.90 Å². The van der Waals surface area contributed by atoms with E-state index in [0.717, 1.165) is 28.2 Å². The first-order chi connectivity index (χ1) is 35.0. The molecule has 0 aliphatic heterocycles. The highest BCUT2D eigenvalue weighted by atomic mass is 15.1. The van der Waals surface area contributed by atoms with E-state index in [-0.39, 0.29) is 5.41 Å². The molecule has 13 rings (SSSR count). The van der Waals surface area contributed by atoms with Gasteiger partial charge < -0.3 is 9.47 Å². The summed E-state index contributed by atoms with van der Waals surface area (Å²) in [5, 5.41) is 2.50. The standard InChI is InChI=1S/C69H50N2/c1-69(2)62-29-12-9-25-59(62)60-28-17-33-66(68(60)69)71-64-31-14-11-26-61(64)67-58(27-16-32-65(67)71)54-23-15-22-53(46-54)57-24-10-13-30-63(57)70(55-42-38-51(39-43-55)48-20-7-4-8-21-48)56-44-40-52(41-45-56)50-36-34-49(35-37-50)47-18-5-3-6-19-47/h3-46H,1-2H3. The van der Waals surface area contributed by atoms with E-state index in [9.17, 15) is 0 Å². The first kappa shape index (κ1) is 42.1. The summed E-state index contributed by atoms with van der Waals surface area (Å²) in [7, 11) is 0. The number of rotatable bonds is 9. The summed E-state index contributed by atoms with van der Waals surface area (Å²) >= 11 is 0. The minimum absolute atomic E-state index is 0.158. The fourth-order valence-electron chi connectivity index (χ4n) is 11.4. The van der Waals surface area contributed by atoms with Crippen molar-refractivity contribution >= 4 is 38.9 Å². The predicted octanol–water partition coefficient (Wildman–Crippen LogP) is 18.9. The molecule has 1 heterocycles. The Bertz CT molecular complexity index is 3920. The van der Waals surface area contributed by atoms with Gasteiger partial charge in [0.05, 0.1) is 22.4 Å².